The van der Waals surface area contributed by atoms with E-state index in [1.807, 2.05) is 11.9 Å². The van der Waals surface area contributed by atoms with E-state index < -0.39 is 0 Å². The van der Waals surface area contributed by atoms with Crippen LogP contribution in [0.15, 0.2) is 0 Å². The van der Waals surface area contributed by atoms with E-state index in [0.29, 0.717) is 23.8 Å². The van der Waals surface area contributed by atoms with E-state index in [2.05, 4.69) is 12.2 Å². The highest BCUT2D eigenvalue weighted by atomic mass is 16.2. The van der Waals surface area contributed by atoms with Crippen molar-refractivity contribution in [3.05, 3.63) is 0 Å². The molecule has 3 heteroatoms. The van der Waals surface area contributed by atoms with Crippen LogP contribution in [-0.2, 0) is 4.79 Å². The van der Waals surface area contributed by atoms with Gasteiger partial charge in [0.25, 0.3) is 0 Å². The molecule has 2 fully saturated rings. The zero-order valence-corrected chi connectivity index (χ0v) is 9.83. The molecule has 86 valence electrons. The zero-order chi connectivity index (χ0) is 10.8. The van der Waals surface area contributed by atoms with Gasteiger partial charge < -0.3 is 10.2 Å². The summed E-state index contributed by atoms with van der Waals surface area (Å²) >= 11 is 0. The van der Waals surface area contributed by atoms with Crippen LogP contribution in [0.2, 0.25) is 0 Å². The maximum Gasteiger partial charge on any atom is 0.225 e. The highest BCUT2D eigenvalue weighted by molar-refractivity contribution is 5.79. The van der Waals surface area contributed by atoms with Crippen LogP contribution >= 0.6 is 0 Å². The van der Waals surface area contributed by atoms with Crippen molar-refractivity contribution >= 4 is 5.91 Å². The third kappa shape index (κ3) is 2.17. The van der Waals surface area contributed by atoms with Gasteiger partial charge in [-0.2, -0.15) is 0 Å². The summed E-state index contributed by atoms with van der Waals surface area (Å²) in [6, 6.07) is 0.435. The van der Waals surface area contributed by atoms with Gasteiger partial charge in [-0.3, -0.25) is 4.79 Å². The van der Waals surface area contributed by atoms with Gasteiger partial charge in [0.1, 0.15) is 0 Å². The highest BCUT2D eigenvalue weighted by Crippen LogP contribution is 2.32. The molecule has 0 bridgehead atoms. The molecule has 1 aliphatic heterocycles. The number of carbonyl (C=O) groups is 1. The Morgan fingerprint density at radius 2 is 2.13 bits per heavy atom. The van der Waals surface area contributed by atoms with Gasteiger partial charge in [-0.1, -0.05) is 13.3 Å². The fraction of sp³-hybridized carbons (Fsp3) is 0.917. The minimum Gasteiger partial charge on any atom is -0.341 e. The Hall–Kier alpha value is -0.570. The molecule has 0 aromatic carbocycles. The lowest BCUT2D eigenvalue weighted by Gasteiger charge is -2.28. The molecule has 3 unspecified atom stereocenters. The molecular weight excluding hydrogens is 188 g/mol. The van der Waals surface area contributed by atoms with Gasteiger partial charge in [0.15, 0.2) is 0 Å². The van der Waals surface area contributed by atoms with E-state index in [1.165, 1.54) is 12.8 Å². The molecule has 1 N–H and O–H groups in total. The molecule has 15 heavy (non-hydrogen) atoms. The normalized spacial score (nSPS) is 35.7. The Kier molecular flexibility index (Phi) is 3.29. The molecule has 1 aliphatic carbocycles. The average molecular weight is 210 g/mol. The second-order valence-corrected chi connectivity index (χ2v) is 5.11. The highest BCUT2D eigenvalue weighted by Gasteiger charge is 2.34. The Labute approximate surface area is 92.2 Å². The van der Waals surface area contributed by atoms with Crippen LogP contribution in [0.5, 0.6) is 0 Å². The Balaban J connectivity index is 1.94. The molecule has 0 aromatic rings. The van der Waals surface area contributed by atoms with Crippen molar-refractivity contribution in [2.75, 3.05) is 20.1 Å². The first-order chi connectivity index (χ1) is 7.20. The maximum atomic E-state index is 12.2. The number of likely N-dealkylation sites (N-methyl/N-ethyl adjacent to an activating group) is 1. The number of nitrogens with one attached hydrogen (secondary N) is 1. The number of hydrogen-bond donors (Lipinski definition) is 1. The third-order valence-corrected chi connectivity index (χ3v) is 4.11. The minimum atomic E-state index is 0.301. The molecule has 0 aromatic heterocycles. The van der Waals surface area contributed by atoms with Crippen LogP contribution in [0.25, 0.3) is 0 Å². The first-order valence-electron chi connectivity index (χ1n) is 6.17. The van der Waals surface area contributed by atoms with Crippen LogP contribution in [0, 0.1) is 11.8 Å². The van der Waals surface area contributed by atoms with Crippen LogP contribution in [0.4, 0.5) is 0 Å². The molecule has 0 spiro atoms. The summed E-state index contributed by atoms with van der Waals surface area (Å²) in [4.78, 5) is 14.2. The van der Waals surface area contributed by atoms with Gasteiger partial charge in [-0.25, -0.2) is 0 Å². The number of carbonyl (C=O) groups excluding carboxylic acids is 1. The van der Waals surface area contributed by atoms with Crippen molar-refractivity contribution in [2.24, 2.45) is 11.8 Å². The summed E-state index contributed by atoms with van der Waals surface area (Å²) in [6.07, 6.45) is 4.68. The second kappa shape index (κ2) is 4.52. The molecule has 2 aliphatic rings. The standard InChI is InChI=1S/C12H22N2O/c1-9-4-3-5-11(9)12(15)14(2)10-6-7-13-8-10/h9-11,13H,3-8H2,1-2H3. The number of hydrogen-bond acceptors (Lipinski definition) is 2. The third-order valence-electron chi connectivity index (χ3n) is 4.11. The summed E-state index contributed by atoms with van der Waals surface area (Å²) in [5.74, 6) is 1.28. The molecule has 1 saturated heterocycles. The van der Waals surface area contributed by atoms with Gasteiger partial charge in [-0.05, 0) is 31.7 Å². The largest absolute Gasteiger partial charge is 0.341 e. The van der Waals surface area contributed by atoms with Crippen LogP contribution < -0.4 is 5.32 Å². The number of amides is 1. The number of rotatable bonds is 2. The Bertz CT molecular complexity index is 236. The molecule has 1 amide bonds. The molecule has 1 heterocycles. The van der Waals surface area contributed by atoms with Gasteiger partial charge in [0, 0.05) is 25.6 Å². The van der Waals surface area contributed by atoms with E-state index in [9.17, 15) is 4.79 Å². The monoisotopic (exact) mass is 210 g/mol. The van der Waals surface area contributed by atoms with Crippen molar-refractivity contribution in [3.63, 3.8) is 0 Å². The maximum absolute atomic E-state index is 12.2. The van der Waals surface area contributed by atoms with Crippen molar-refractivity contribution < 1.29 is 4.79 Å². The van der Waals surface area contributed by atoms with Crippen molar-refractivity contribution in [2.45, 2.75) is 38.6 Å². The Morgan fingerprint density at radius 3 is 2.67 bits per heavy atom. The fourth-order valence-electron chi connectivity index (χ4n) is 2.92. The Morgan fingerprint density at radius 1 is 1.33 bits per heavy atom. The first kappa shape index (κ1) is 10.9. The first-order valence-corrected chi connectivity index (χ1v) is 6.17. The van der Waals surface area contributed by atoms with E-state index >= 15 is 0 Å². The van der Waals surface area contributed by atoms with E-state index in [-0.39, 0.29) is 0 Å². The van der Waals surface area contributed by atoms with Crippen molar-refractivity contribution in [3.8, 4) is 0 Å². The summed E-state index contributed by atoms with van der Waals surface area (Å²) in [6.45, 7) is 4.25. The molecule has 1 saturated carbocycles. The van der Waals surface area contributed by atoms with E-state index in [0.717, 1.165) is 25.9 Å². The van der Waals surface area contributed by atoms with Crippen LogP contribution in [-0.4, -0.2) is 37.0 Å². The fourth-order valence-corrected chi connectivity index (χ4v) is 2.92. The smallest absolute Gasteiger partial charge is 0.225 e. The predicted molar refractivity (Wildman–Crippen MR) is 60.5 cm³/mol. The summed E-state index contributed by atoms with van der Waals surface area (Å²) in [7, 11) is 1.98. The quantitative estimate of drug-likeness (QED) is 0.744. The van der Waals surface area contributed by atoms with Crippen LogP contribution in [0.3, 0.4) is 0 Å². The average Bonchev–Trinajstić information content (AvgIpc) is 2.85. The molecule has 0 radical (unpaired) electrons. The summed E-state index contributed by atoms with van der Waals surface area (Å²) < 4.78 is 0. The lowest BCUT2D eigenvalue weighted by molar-refractivity contribution is -0.136. The van der Waals surface area contributed by atoms with Gasteiger partial charge >= 0.3 is 0 Å². The topological polar surface area (TPSA) is 32.3 Å². The van der Waals surface area contributed by atoms with Crippen molar-refractivity contribution in [1.82, 2.24) is 10.2 Å². The molecular formula is C12H22N2O. The molecule has 3 atom stereocenters. The summed E-state index contributed by atoms with van der Waals surface area (Å²) in [5, 5.41) is 3.32. The van der Waals surface area contributed by atoms with Gasteiger partial charge in [0.05, 0.1) is 0 Å². The molecule has 3 nitrogen and oxygen atoms in total. The van der Waals surface area contributed by atoms with E-state index in [4.69, 9.17) is 0 Å². The predicted octanol–water partition coefficient (Wildman–Crippen LogP) is 1.24. The summed E-state index contributed by atoms with van der Waals surface area (Å²) in [5.41, 5.74) is 0. The van der Waals surface area contributed by atoms with E-state index in [1.54, 1.807) is 0 Å². The lowest BCUT2D eigenvalue weighted by atomic mass is 9.96. The van der Waals surface area contributed by atoms with Gasteiger partial charge in [0.2, 0.25) is 5.91 Å². The lowest BCUT2D eigenvalue weighted by Crippen LogP contribution is -2.42. The van der Waals surface area contributed by atoms with Crippen molar-refractivity contribution in [1.29, 1.82) is 0 Å². The zero-order valence-electron chi connectivity index (χ0n) is 9.83. The minimum absolute atomic E-state index is 0.301. The second-order valence-electron chi connectivity index (χ2n) is 5.11. The SMILES string of the molecule is CC1CCCC1C(=O)N(C)C1CCNC1. The number of nitrogens with zero attached hydrogens (tertiary/aromatic N) is 1. The molecule has 2 rings (SSSR count). The van der Waals surface area contributed by atoms with Crippen LogP contribution in [0.1, 0.15) is 32.6 Å². The van der Waals surface area contributed by atoms with Gasteiger partial charge in [-0.15, -0.1) is 0 Å².